The van der Waals surface area contributed by atoms with Crippen LogP contribution in [0.15, 0.2) is 17.1 Å². The molecule has 146 valence electrons. The van der Waals surface area contributed by atoms with Gasteiger partial charge in [-0.2, -0.15) is 0 Å². The molecule has 1 aromatic rings. The van der Waals surface area contributed by atoms with Crippen LogP contribution in [-0.2, 0) is 14.3 Å². The Labute approximate surface area is 167 Å². The molecule has 27 heavy (non-hydrogen) atoms. The fraction of sp³-hybridized carbons (Fsp3) is 0.500. The van der Waals surface area contributed by atoms with E-state index in [1.54, 1.807) is 12.1 Å². The smallest absolute Gasteiger partial charge is 0.240 e. The van der Waals surface area contributed by atoms with Crippen molar-refractivity contribution < 1.29 is 19.1 Å². The van der Waals surface area contributed by atoms with Crippen molar-refractivity contribution in [1.29, 1.82) is 0 Å². The van der Waals surface area contributed by atoms with Crippen LogP contribution in [0.4, 0.5) is 5.69 Å². The number of ether oxygens (including phenoxy) is 2. The van der Waals surface area contributed by atoms with Gasteiger partial charge in [-0.3, -0.25) is 14.6 Å². The van der Waals surface area contributed by atoms with Gasteiger partial charge in [0.15, 0.2) is 5.17 Å². The number of rotatable bonds is 6. The summed E-state index contributed by atoms with van der Waals surface area (Å²) < 4.78 is 10.8. The number of aryl methyl sites for hydroxylation is 1. The molecule has 2 saturated heterocycles. The van der Waals surface area contributed by atoms with Gasteiger partial charge in [0.1, 0.15) is 11.0 Å². The quantitative estimate of drug-likeness (QED) is 0.751. The summed E-state index contributed by atoms with van der Waals surface area (Å²) >= 11 is 7.36. The number of carbonyl (C=O) groups excluding carboxylic acids is 2. The summed E-state index contributed by atoms with van der Waals surface area (Å²) in [6, 6.07) is 3.40. The Kier molecular flexibility index (Phi) is 6.62. The first-order valence-electron chi connectivity index (χ1n) is 8.74. The first-order chi connectivity index (χ1) is 13.0. The fourth-order valence-electron chi connectivity index (χ4n) is 2.89. The zero-order valence-electron chi connectivity index (χ0n) is 15.2. The number of nitrogens with one attached hydrogen (secondary N) is 2. The van der Waals surface area contributed by atoms with E-state index in [0.29, 0.717) is 28.2 Å². The summed E-state index contributed by atoms with van der Waals surface area (Å²) in [4.78, 5) is 28.9. The Bertz CT molecular complexity index is 765. The SMILES string of the molecule is COc1cc(Cl)c(C)cc1NC(=O)C[C@H]1SC(=NC[C@@H]2CCCO2)NC1=O. The minimum absolute atomic E-state index is 0.0419. The molecular weight excluding hydrogens is 390 g/mol. The van der Waals surface area contributed by atoms with Crippen LogP contribution in [0.5, 0.6) is 5.75 Å². The number of hydrogen-bond donors (Lipinski definition) is 2. The van der Waals surface area contributed by atoms with Crippen molar-refractivity contribution in [3.8, 4) is 5.75 Å². The van der Waals surface area contributed by atoms with Gasteiger partial charge >= 0.3 is 0 Å². The number of nitrogens with zero attached hydrogens (tertiary/aromatic N) is 1. The molecule has 2 N–H and O–H groups in total. The second kappa shape index (κ2) is 8.95. The van der Waals surface area contributed by atoms with Gasteiger partial charge in [0.2, 0.25) is 11.8 Å². The molecule has 0 spiro atoms. The fourth-order valence-corrected chi connectivity index (χ4v) is 4.02. The molecule has 0 aliphatic carbocycles. The second-order valence-electron chi connectivity index (χ2n) is 6.43. The van der Waals surface area contributed by atoms with Gasteiger partial charge in [0, 0.05) is 24.1 Å². The lowest BCUT2D eigenvalue weighted by molar-refractivity contribution is -0.122. The van der Waals surface area contributed by atoms with Crippen LogP contribution in [0.25, 0.3) is 0 Å². The predicted molar refractivity (Wildman–Crippen MR) is 107 cm³/mol. The highest BCUT2D eigenvalue weighted by molar-refractivity contribution is 8.15. The Morgan fingerprint density at radius 1 is 1.52 bits per heavy atom. The third-order valence-electron chi connectivity index (χ3n) is 4.36. The summed E-state index contributed by atoms with van der Waals surface area (Å²) in [5.74, 6) is -0.00941. The van der Waals surface area contributed by atoms with E-state index in [-0.39, 0.29) is 24.3 Å². The van der Waals surface area contributed by atoms with Gasteiger partial charge in [-0.25, -0.2) is 0 Å². The number of benzene rings is 1. The van der Waals surface area contributed by atoms with Crippen molar-refractivity contribution in [1.82, 2.24) is 5.32 Å². The largest absolute Gasteiger partial charge is 0.495 e. The van der Waals surface area contributed by atoms with Crippen LogP contribution in [0.2, 0.25) is 5.02 Å². The molecule has 3 rings (SSSR count). The summed E-state index contributed by atoms with van der Waals surface area (Å²) in [6.07, 6.45) is 2.20. The van der Waals surface area contributed by atoms with Crippen LogP contribution < -0.4 is 15.4 Å². The van der Waals surface area contributed by atoms with Crippen LogP contribution in [0, 0.1) is 6.92 Å². The Balaban J connectivity index is 1.57. The van der Waals surface area contributed by atoms with Crippen molar-refractivity contribution in [2.75, 3.05) is 25.6 Å². The standard InChI is InChI=1S/C18H22ClN3O4S/c1-10-6-13(14(25-2)7-12(10)19)21-16(23)8-15-17(24)22-18(27-15)20-9-11-4-3-5-26-11/h6-7,11,15H,3-5,8-9H2,1-2H3,(H,21,23)(H,20,22,24)/t11-,15+/m0/s1. The second-order valence-corrected chi connectivity index (χ2v) is 8.03. The zero-order valence-corrected chi connectivity index (χ0v) is 16.8. The third-order valence-corrected chi connectivity index (χ3v) is 5.89. The number of aliphatic imine (C=N–C) groups is 1. The van der Waals surface area contributed by atoms with E-state index in [0.717, 1.165) is 25.0 Å². The molecule has 2 atom stereocenters. The van der Waals surface area contributed by atoms with E-state index in [1.807, 2.05) is 6.92 Å². The highest BCUT2D eigenvalue weighted by atomic mass is 35.5. The minimum atomic E-state index is -0.507. The molecule has 1 aromatic carbocycles. The molecule has 0 bridgehead atoms. The third kappa shape index (κ3) is 5.15. The molecule has 0 aromatic heterocycles. The van der Waals surface area contributed by atoms with Crippen molar-refractivity contribution in [2.24, 2.45) is 4.99 Å². The van der Waals surface area contributed by atoms with Gasteiger partial charge in [-0.05, 0) is 31.4 Å². The van der Waals surface area contributed by atoms with Crippen molar-refractivity contribution in [2.45, 2.75) is 37.5 Å². The molecule has 0 radical (unpaired) electrons. The highest BCUT2D eigenvalue weighted by Crippen LogP contribution is 2.31. The average Bonchev–Trinajstić information content (AvgIpc) is 3.26. The molecule has 2 fully saturated rings. The van der Waals surface area contributed by atoms with Crippen LogP contribution in [0.1, 0.15) is 24.8 Å². The normalized spacial score (nSPS) is 23.5. The van der Waals surface area contributed by atoms with Crippen LogP contribution in [0.3, 0.4) is 0 Å². The maximum atomic E-state index is 12.4. The molecule has 0 unspecified atom stereocenters. The number of methoxy groups -OCH3 is 1. The molecule has 2 amide bonds. The first kappa shape index (κ1) is 20.0. The minimum Gasteiger partial charge on any atom is -0.495 e. The van der Waals surface area contributed by atoms with Gasteiger partial charge in [0.25, 0.3) is 0 Å². The number of amidine groups is 1. The maximum absolute atomic E-state index is 12.4. The highest BCUT2D eigenvalue weighted by Gasteiger charge is 2.32. The lowest BCUT2D eigenvalue weighted by Crippen LogP contribution is -2.28. The van der Waals surface area contributed by atoms with Gasteiger partial charge in [-0.1, -0.05) is 23.4 Å². The lowest BCUT2D eigenvalue weighted by Gasteiger charge is -2.13. The number of carbonyl (C=O) groups is 2. The summed E-state index contributed by atoms with van der Waals surface area (Å²) in [5.41, 5.74) is 1.35. The van der Waals surface area contributed by atoms with Crippen LogP contribution in [-0.4, -0.2) is 48.6 Å². The molecule has 0 saturated carbocycles. The topological polar surface area (TPSA) is 89.0 Å². The number of thioether (sulfide) groups is 1. The maximum Gasteiger partial charge on any atom is 0.240 e. The van der Waals surface area contributed by atoms with E-state index in [4.69, 9.17) is 21.1 Å². The predicted octanol–water partition coefficient (Wildman–Crippen LogP) is 2.75. The van der Waals surface area contributed by atoms with E-state index in [1.165, 1.54) is 18.9 Å². The first-order valence-corrected chi connectivity index (χ1v) is 9.99. The molecular formula is C18H22ClN3O4S. The summed E-state index contributed by atoms with van der Waals surface area (Å²) in [7, 11) is 1.51. The van der Waals surface area contributed by atoms with Gasteiger partial charge in [-0.15, -0.1) is 0 Å². The Hall–Kier alpha value is -1.77. The van der Waals surface area contributed by atoms with E-state index in [9.17, 15) is 9.59 Å². The summed E-state index contributed by atoms with van der Waals surface area (Å²) in [5, 5.41) is 6.13. The molecule has 2 heterocycles. The average molecular weight is 412 g/mol. The molecule has 9 heteroatoms. The lowest BCUT2D eigenvalue weighted by atomic mass is 10.2. The number of halogens is 1. The number of anilines is 1. The molecule has 2 aliphatic rings. The van der Waals surface area contributed by atoms with Gasteiger partial charge < -0.3 is 20.1 Å². The monoisotopic (exact) mass is 411 g/mol. The zero-order chi connectivity index (χ0) is 19.4. The van der Waals surface area contributed by atoms with Gasteiger partial charge in [0.05, 0.1) is 25.4 Å². The van der Waals surface area contributed by atoms with Crippen molar-refractivity contribution >= 4 is 46.0 Å². The van der Waals surface area contributed by atoms with Crippen LogP contribution >= 0.6 is 23.4 Å². The van der Waals surface area contributed by atoms with E-state index >= 15 is 0 Å². The molecule has 7 nitrogen and oxygen atoms in total. The Morgan fingerprint density at radius 3 is 3.04 bits per heavy atom. The number of amides is 2. The summed E-state index contributed by atoms with van der Waals surface area (Å²) in [6.45, 7) is 3.14. The Morgan fingerprint density at radius 2 is 2.33 bits per heavy atom. The van der Waals surface area contributed by atoms with E-state index in [2.05, 4.69) is 15.6 Å². The van der Waals surface area contributed by atoms with Crippen molar-refractivity contribution in [3.63, 3.8) is 0 Å². The molecule has 2 aliphatic heterocycles. The van der Waals surface area contributed by atoms with E-state index < -0.39 is 5.25 Å². The number of hydrogen-bond acceptors (Lipinski definition) is 6. The van der Waals surface area contributed by atoms with Crippen molar-refractivity contribution in [3.05, 3.63) is 22.7 Å².